The van der Waals surface area contributed by atoms with Gasteiger partial charge in [-0.3, -0.25) is 4.98 Å². The van der Waals surface area contributed by atoms with Crippen LogP contribution in [-0.2, 0) is 6.42 Å². The second-order valence-electron chi connectivity index (χ2n) is 3.21. The number of hydrogen-bond donors (Lipinski definition) is 0. The molecule has 2 heteroatoms. The molecule has 0 aromatic carbocycles. The second kappa shape index (κ2) is 3.65. The number of hydrogen-bond acceptors (Lipinski definition) is 1. The summed E-state index contributed by atoms with van der Waals surface area (Å²) in [6, 6.07) is 1.85. The molecule has 0 bridgehead atoms. The number of pyridine rings is 1. The average Bonchev–Trinajstić information content (AvgIpc) is 2.05. The summed E-state index contributed by atoms with van der Waals surface area (Å²) in [6.07, 6.45) is 2.04. The van der Waals surface area contributed by atoms with E-state index < -0.39 is 0 Å². The Kier molecular flexibility index (Phi) is 2.79. The van der Waals surface area contributed by atoms with E-state index in [1.165, 1.54) is 6.20 Å². The van der Waals surface area contributed by atoms with Gasteiger partial charge in [-0.05, 0) is 24.0 Å². The number of aromatic nitrogens is 1. The normalized spacial score (nSPS) is 10.8. The minimum absolute atomic E-state index is 0.193. The molecule has 0 atom stereocenters. The van der Waals surface area contributed by atoms with Gasteiger partial charge in [-0.1, -0.05) is 20.8 Å². The summed E-state index contributed by atoms with van der Waals surface area (Å²) in [5, 5.41) is 0. The van der Waals surface area contributed by atoms with Crippen molar-refractivity contribution in [1.29, 1.82) is 0 Å². The van der Waals surface area contributed by atoms with E-state index >= 15 is 0 Å². The van der Waals surface area contributed by atoms with Crippen LogP contribution in [0.25, 0.3) is 0 Å². The zero-order valence-electron chi connectivity index (χ0n) is 7.76. The van der Waals surface area contributed by atoms with Gasteiger partial charge in [0.2, 0.25) is 0 Å². The Bertz CT molecular complexity index is 269. The van der Waals surface area contributed by atoms with Gasteiger partial charge in [-0.15, -0.1) is 0 Å². The Hall–Kier alpha value is -0.920. The van der Waals surface area contributed by atoms with Gasteiger partial charge in [-0.25, -0.2) is 4.39 Å². The van der Waals surface area contributed by atoms with Crippen molar-refractivity contribution in [3.8, 4) is 0 Å². The highest BCUT2D eigenvalue weighted by Gasteiger charge is 2.05. The first-order valence-corrected chi connectivity index (χ1v) is 4.29. The second-order valence-corrected chi connectivity index (χ2v) is 3.21. The van der Waals surface area contributed by atoms with Crippen LogP contribution >= 0.6 is 0 Å². The largest absolute Gasteiger partial charge is 0.258 e. The maximum Gasteiger partial charge on any atom is 0.144 e. The highest BCUT2D eigenvalue weighted by atomic mass is 19.1. The third-order valence-corrected chi connectivity index (χ3v) is 1.93. The van der Waals surface area contributed by atoms with Crippen molar-refractivity contribution in [2.75, 3.05) is 0 Å². The Morgan fingerprint density at radius 2 is 2.17 bits per heavy atom. The summed E-state index contributed by atoms with van der Waals surface area (Å²) >= 11 is 0. The van der Waals surface area contributed by atoms with Crippen molar-refractivity contribution in [2.45, 2.75) is 33.1 Å². The third kappa shape index (κ3) is 1.81. The topological polar surface area (TPSA) is 12.9 Å². The van der Waals surface area contributed by atoms with Crippen molar-refractivity contribution in [3.63, 3.8) is 0 Å². The van der Waals surface area contributed by atoms with Crippen molar-refractivity contribution in [3.05, 3.63) is 29.3 Å². The SMILES string of the molecule is CCc1cc(C(C)C)ncc1F. The molecule has 0 radical (unpaired) electrons. The molecule has 12 heavy (non-hydrogen) atoms. The van der Waals surface area contributed by atoms with Gasteiger partial charge in [0.05, 0.1) is 6.20 Å². The van der Waals surface area contributed by atoms with Crippen LogP contribution in [0.5, 0.6) is 0 Å². The van der Waals surface area contributed by atoms with Crippen LogP contribution in [0.1, 0.15) is 37.9 Å². The summed E-state index contributed by atoms with van der Waals surface area (Å²) < 4.78 is 13.0. The summed E-state index contributed by atoms with van der Waals surface area (Å²) in [4.78, 5) is 4.01. The molecular formula is C10H14FN. The first-order valence-electron chi connectivity index (χ1n) is 4.29. The molecule has 0 fully saturated rings. The van der Waals surface area contributed by atoms with Gasteiger partial charge in [0, 0.05) is 5.69 Å². The van der Waals surface area contributed by atoms with E-state index in [9.17, 15) is 4.39 Å². The van der Waals surface area contributed by atoms with Crippen LogP contribution in [-0.4, -0.2) is 4.98 Å². The smallest absolute Gasteiger partial charge is 0.144 e. The zero-order chi connectivity index (χ0) is 9.14. The van der Waals surface area contributed by atoms with Crippen LogP contribution in [0.2, 0.25) is 0 Å². The summed E-state index contributed by atoms with van der Waals surface area (Å²) in [7, 11) is 0. The first-order chi connectivity index (χ1) is 5.65. The number of rotatable bonds is 2. The molecule has 0 spiro atoms. The molecule has 0 aliphatic carbocycles. The van der Waals surface area contributed by atoms with Crippen molar-refractivity contribution in [2.24, 2.45) is 0 Å². The maximum absolute atomic E-state index is 13.0. The fraction of sp³-hybridized carbons (Fsp3) is 0.500. The van der Waals surface area contributed by atoms with Gasteiger partial charge in [0.1, 0.15) is 5.82 Å². The van der Waals surface area contributed by atoms with Crippen LogP contribution in [0.3, 0.4) is 0 Å². The molecule has 0 amide bonds. The molecule has 1 rings (SSSR count). The molecule has 66 valence electrons. The molecule has 0 aliphatic rings. The molecule has 0 saturated carbocycles. The lowest BCUT2D eigenvalue weighted by Crippen LogP contribution is -1.97. The van der Waals surface area contributed by atoms with Gasteiger partial charge in [0.25, 0.3) is 0 Å². The van der Waals surface area contributed by atoms with E-state index in [0.29, 0.717) is 5.92 Å². The Morgan fingerprint density at radius 1 is 1.50 bits per heavy atom. The molecule has 0 aliphatic heterocycles. The van der Waals surface area contributed by atoms with E-state index in [2.05, 4.69) is 18.8 Å². The van der Waals surface area contributed by atoms with E-state index in [0.717, 1.165) is 17.7 Å². The summed E-state index contributed by atoms with van der Waals surface area (Å²) in [5.41, 5.74) is 1.72. The molecule has 1 nitrogen and oxygen atoms in total. The average molecular weight is 167 g/mol. The fourth-order valence-electron chi connectivity index (χ4n) is 1.09. The van der Waals surface area contributed by atoms with Gasteiger partial charge in [0.15, 0.2) is 0 Å². The van der Waals surface area contributed by atoms with Crippen LogP contribution in [0.4, 0.5) is 4.39 Å². The van der Waals surface area contributed by atoms with E-state index in [4.69, 9.17) is 0 Å². The van der Waals surface area contributed by atoms with E-state index in [1.807, 2.05) is 13.0 Å². The first kappa shape index (κ1) is 9.17. The highest BCUT2D eigenvalue weighted by Crippen LogP contribution is 2.15. The van der Waals surface area contributed by atoms with Crippen LogP contribution in [0.15, 0.2) is 12.3 Å². The quantitative estimate of drug-likeness (QED) is 0.660. The number of halogens is 1. The molecule has 0 saturated heterocycles. The monoisotopic (exact) mass is 167 g/mol. The molecule has 1 heterocycles. The zero-order valence-corrected chi connectivity index (χ0v) is 7.76. The predicted octanol–water partition coefficient (Wildman–Crippen LogP) is 2.91. The fourth-order valence-corrected chi connectivity index (χ4v) is 1.09. The lowest BCUT2D eigenvalue weighted by atomic mass is 10.1. The van der Waals surface area contributed by atoms with Crippen LogP contribution < -0.4 is 0 Å². The minimum Gasteiger partial charge on any atom is -0.258 e. The molecular weight excluding hydrogens is 153 g/mol. The van der Waals surface area contributed by atoms with Gasteiger partial charge >= 0.3 is 0 Å². The Morgan fingerprint density at radius 3 is 2.67 bits per heavy atom. The highest BCUT2D eigenvalue weighted by molar-refractivity contribution is 5.19. The standard InChI is InChI=1S/C10H14FN/c1-4-8-5-10(7(2)3)12-6-9(8)11/h5-7H,4H2,1-3H3. The van der Waals surface area contributed by atoms with Crippen molar-refractivity contribution < 1.29 is 4.39 Å². The number of nitrogens with zero attached hydrogens (tertiary/aromatic N) is 1. The van der Waals surface area contributed by atoms with Gasteiger partial charge in [-0.2, -0.15) is 0 Å². The van der Waals surface area contributed by atoms with E-state index in [-0.39, 0.29) is 5.82 Å². The van der Waals surface area contributed by atoms with Gasteiger partial charge < -0.3 is 0 Å². The molecule has 1 aromatic rings. The predicted molar refractivity (Wildman–Crippen MR) is 47.7 cm³/mol. The third-order valence-electron chi connectivity index (χ3n) is 1.93. The summed E-state index contributed by atoms with van der Waals surface area (Å²) in [6.45, 7) is 6.06. The number of aryl methyl sites for hydroxylation is 1. The minimum atomic E-state index is -0.193. The summed E-state index contributed by atoms with van der Waals surface area (Å²) in [5.74, 6) is 0.179. The molecule has 0 N–H and O–H groups in total. The van der Waals surface area contributed by atoms with E-state index in [1.54, 1.807) is 0 Å². The lowest BCUT2D eigenvalue weighted by molar-refractivity contribution is 0.601. The van der Waals surface area contributed by atoms with Crippen molar-refractivity contribution in [1.82, 2.24) is 4.98 Å². The molecule has 1 aromatic heterocycles. The Labute approximate surface area is 72.6 Å². The van der Waals surface area contributed by atoms with Crippen molar-refractivity contribution >= 4 is 0 Å². The van der Waals surface area contributed by atoms with Crippen LogP contribution in [0, 0.1) is 5.82 Å². The molecule has 0 unspecified atom stereocenters. The Balaban J connectivity index is 3.05. The maximum atomic E-state index is 13.0. The lowest BCUT2D eigenvalue weighted by Gasteiger charge is -2.06.